The highest BCUT2D eigenvalue weighted by Crippen LogP contribution is 2.19. The van der Waals surface area contributed by atoms with Crippen LogP contribution >= 0.6 is 0 Å². The molecular formula is C19H23N5O2. The Bertz CT molecular complexity index is 882. The Kier molecular flexibility index (Phi) is 5.06. The standard InChI is InChI=1S/C19H23N5O2/c1-13(2)23-12-16(10-20-23)21-18(25)15(4)26-19-14(3)11-24(22-19)17-8-6-5-7-9-17/h5-13,15H,1-4H3,(H,21,25)/t15-/m0/s1. The fraction of sp³-hybridized carbons (Fsp3) is 0.316. The Balaban J connectivity index is 1.66. The maximum Gasteiger partial charge on any atom is 0.265 e. The lowest BCUT2D eigenvalue weighted by Crippen LogP contribution is -2.30. The topological polar surface area (TPSA) is 74.0 Å². The summed E-state index contributed by atoms with van der Waals surface area (Å²) in [7, 11) is 0. The second-order valence-corrected chi connectivity index (χ2v) is 6.45. The molecule has 3 aromatic rings. The average molecular weight is 353 g/mol. The first-order chi connectivity index (χ1) is 12.4. The van der Waals surface area contributed by atoms with Crippen LogP contribution in [0.4, 0.5) is 5.69 Å². The lowest BCUT2D eigenvalue weighted by atomic mass is 10.3. The van der Waals surface area contributed by atoms with Gasteiger partial charge in [-0.05, 0) is 39.8 Å². The van der Waals surface area contributed by atoms with Gasteiger partial charge in [-0.2, -0.15) is 5.10 Å². The number of nitrogens with zero attached hydrogens (tertiary/aromatic N) is 4. The number of rotatable bonds is 6. The summed E-state index contributed by atoms with van der Waals surface area (Å²) in [6.07, 6.45) is 4.61. The van der Waals surface area contributed by atoms with Crippen LogP contribution in [0.25, 0.3) is 5.69 Å². The molecule has 0 spiro atoms. The zero-order valence-electron chi connectivity index (χ0n) is 15.4. The van der Waals surface area contributed by atoms with Gasteiger partial charge in [0.25, 0.3) is 5.91 Å². The van der Waals surface area contributed by atoms with Crippen LogP contribution in [-0.4, -0.2) is 31.6 Å². The molecule has 0 radical (unpaired) electrons. The molecule has 2 aromatic heterocycles. The molecule has 0 aliphatic rings. The van der Waals surface area contributed by atoms with Crippen LogP contribution in [0.3, 0.4) is 0 Å². The number of aryl methyl sites for hydroxylation is 1. The van der Waals surface area contributed by atoms with Gasteiger partial charge >= 0.3 is 0 Å². The molecule has 1 aromatic carbocycles. The number of hydrogen-bond donors (Lipinski definition) is 1. The van der Waals surface area contributed by atoms with E-state index in [1.165, 1.54) is 0 Å². The number of amides is 1. The van der Waals surface area contributed by atoms with E-state index in [2.05, 4.69) is 15.5 Å². The van der Waals surface area contributed by atoms with Crippen LogP contribution < -0.4 is 10.1 Å². The second kappa shape index (κ2) is 7.43. The van der Waals surface area contributed by atoms with Gasteiger partial charge < -0.3 is 10.1 Å². The number of anilines is 1. The lowest BCUT2D eigenvalue weighted by Gasteiger charge is -2.12. The third-order valence-electron chi connectivity index (χ3n) is 3.93. The summed E-state index contributed by atoms with van der Waals surface area (Å²) < 4.78 is 9.29. The number of aromatic nitrogens is 4. The SMILES string of the molecule is Cc1cn(-c2ccccc2)nc1O[C@@H](C)C(=O)Nc1cnn(C(C)C)c1. The van der Waals surface area contributed by atoms with Crippen molar-refractivity contribution in [3.8, 4) is 11.6 Å². The molecule has 136 valence electrons. The van der Waals surface area contributed by atoms with E-state index in [9.17, 15) is 4.79 Å². The van der Waals surface area contributed by atoms with E-state index in [0.29, 0.717) is 11.6 Å². The Morgan fingerprint density at radius 3 is 2.54 bits per heavy atom. The number of carbonyl (C=O) groups excluding carboxylic acids is 1. The van der Waals surface area contributed by atoms with Crippen molar-refractivity contribution in [1.82, 2.24) is 19.6 Å². The van der Waals surface area contributed by atoms with Crippen molar-refractivity contribution >= 4 is 11.6 Å². The van der Waals surface area contributed by atoms with E-state index in [1.807, 2.05) is 57.3 Å². The summed E-state index contributed by atoms with van der Waals surface area (Å²) >= 11 is 0. The van der Waals surface area contributed by atoms with Crippen molar-refractivity contribution in [3.63, 3.8) is 0 Å². The molecule has 0 bridgehead atoms. The summed E-state index contributed by atoms with van der Waals surface area (Å²) in [5.74, 6) is 0.191. The van der Waals surface area contributed by atoms with Gasteiger partial charge in [0.2, 0.25) is 5.88 Å². The van der Waals surface area contributed by atoms with Crippen molar-refractivity contribution in [3.05, 3.63) is 54.5 Å². The van der Waals surface area contributed by atoms with Crippen molar-refractivity contribution in [2.24, 2.45) is 0 Å². The summed E-state index contributed by atoms with van der Waals surface area (Å²) in [4.78, 5) is 12.4. The van der Waals surface area contributed by atoms with Crippen molar-refractivity contribution < 1.29 is 9.53 Å². The van der Waals surface area contributed by atoms with E-state index in [-0.39, 0.29) is 11.9 Å². The predicted molar refractivity (Wildman–Crippen MR) is 99.6 cm³/mol. The molecule has 7 nitrogen and oxygen atoms in total. The highest BCUT2D eigenvalue weighted by molar-refractivity contribution is 5.93. The third kappa shape index (κ3) is 3.93. The molecule has 0 saturated carbocycles. The molecule has 1 atom stereocenters. The molecule has 0 unspecified atom stereocenters. The largest absolute Gasteiger partial charge is 0.463 e. The fourth-order valence-corrected chi connectivity index (χ4v) is 2.42. The van der Waals surface area contributed by atoms with Gasteiger partial charge in [-0.1, -0.05) is 18.2 Å². The van der Waals surface area contributed by atoms with Gasteiger partial charge in [0.15, 0.2) is 6.10 Å². The first-order valence-electron chi connectivity index (χ1n) is 8.57. The third-order valence-corrected chi connectivity index (χ3v) is 3.93. The Morgan fingerprint density at radius 1 is 1.15 bits per heavy atom. The highest BCUT2D eigenvalue weighted by atomic mass is 16.5. The average Bonchev–Trinajstić information content (AvgIpc) is 3.23. The number of para-hydroxylation sites is 1. The molecule has 0 fully saturated rings. The van der Waals surface area contributed by atoms with Crippen LogP contribution in [0.15, 0.2) is 48.9 Å². The van der Waals surface area contributed by atoms with Crippen LogP contribution in [0.5, 0.6) is 5.88 Å². The molecule has 1 amide bonds. The van der Waals surface area contributed by atoms with Crippen molar-refractivity contribution in [2.45, 2.75) is 39.8 Å². The first kappa shape index (κ1) is 17.7. The van der Waals surface area contributed by atoms with E-state index in [1.54, 1.807) is 28.7 Å². The summed E-state index contributed by atoms with van der Waals surface area (Å²) in [5, 5.41) is 11.5. The van der Waals surface area contributed by atoms with Crippen LogP contribution in [-0.2, 0) is 4.79 Å². The van der Waals surface area contributed by atoms with E-state index in [4.69, 9.17) is 4.74 Å². The van der Waals surface area contributed by atoms with Gasteiger partial charge in [-0.3, -0.25) is 9.48 Å². The summed E-state index contributed by atoms with van der Waals surface area (Å²) in [6, 6.07) is 9.99. The molecular weight excluding hydrogens is 330 g/mol. The maximum atomic E-state index is 12.4. The molecule has 0 saturated heterocycles. The minimum Gasteiger partial charge on any atom is -0.463 e. The van der Waals surface area contributed by atoms with E-state index < -0.39 is 6.10 Å². The second-order valence-electron chi connectivity index (χ2n) is 6.45. The number of benzene rings is 1. The normalized spacial score (nSPS) is 12.2. The van der Waals surface area contributed by atoms with Crippen LogP contribution in [0.2, 0.25) is 0 Å². The minimum atomic E-state index is -0.685. The van der Waals surface area contributed by atoms with Gasteiger partial charge in [0, 0.05) is 24.0 Å². The Labute approximate surface area is 152 Å². The Hall–Kier alpha value is -3.09. The highest BCUT2D eigenvalue weighted by Gasteiger charge is 2.19. The quantitative estimate of drug-likeness (QED) is 0.737. The molecule has 2 heterocycles. The fourth-order valence-electron chi connectivity index (χ4n) is 2.42. The number of nitrogens with one attached hydrogen (secondary N) is 1. The van der Waals surface area contributed by atoms with E-state index in [0.717, 1.165) is 11.3 Å². The number of ether oxygens (including phenoxy) is 1. The van der Waals surface area contributed by atoms with Crippen molar-refractivity contribution in [1.29, 1.82) is 0 Å². The molecule has 26 heavy (non-hydrogen) atoms. The molecule has 3 rings (SSSR count). The zero-order chi connectivity index (χ0) is 18.7. The van der Waals surface area contributed by atoms with Crippen molar-refractivity contribution in [2.75, 3.05) is 5.32 Å². The zero-order valence-corrected chi connectivity index (χ0v) is 15.4. The monoisotopic (exact) mass is 353 g/mol. The minimum absolute atomic E-state index is 0.235. The number of carbonyl (C=O) groups is 1. The van der Waals surface area contributed by atoms with Crippen LogP contribution in [0, 0.1) is 6.92 Å². The molecule has 7 heteroatoms. The maximum absolute atomic E-state index is 12.4. The molecule has 0 aliphatic carbocycles. The van der Waals surface area contributed by atoms with Gasteiger partial charge in [0.1, 0.15) is 0 Å². The lowest BCUT2D eigenvalue weighted by molar-refractivity contribution is -0.122. The summed E-state index contributed by atoms with van der Waals surface area (Å²) in [6.45, 7) is 7.65. The smallest absolute Gasteiger partial charge is 0.265 e. The predicted octanol–water partition coefficient (Wildman–Crippen LogP) is 3.36. The number of hydrogen-bond acceptors (Lipinski definition) is 4. The van der Waals surface area contributed by atoms with Crippen LogP contribution in [0.1, 0.15) is 32.4 Å². The summed E-state index contributed by atoms with van der Waals surface area (Å²) in [5.41, 5.74) is 2.44. The first-order valence-corrected chi connectivity index (χ1v) is 8.57. The van der Waals surface area contributed by atoms with Gasteiger partial charge in [0.05, 0.1) is 17.6 Å². The molecule has 1 N–H and O–H groups in total. The molecule has 0 aliphatic heterocycles. The van der Waals surface area contributed by atoms with E-state index >= 15 is 0 Å². The van der Waals surface area contributed by atoms with Gasteiger partial charge in [-0.25, -0.2) is 4.68 Å². The Morgan fingerprint density at radius 2 is 1.88 bits per heavy atom. The van der Waals surface area contributed by atoms with Gasteiger partial charge in [-0.15, -0.1) is 5.10 Å².